The van der Waals surface area contributed by atoms with E-state index in [2.05, 4.69) is 15.3 Å². The van der Waals surface area contributed by atoms with Crippen LogP contribution in [0.4, 0.5) is 17.3 Å². The summed E-state index contributed by atoms with van der Waals surface area (Å²) in [5.41, 5.74) is 2.03. The average Bonchev–Trinajstić information content (AvgIpc) is 2.79. The van der Waals surface area contributed by atoms with Crippen LogP contribution in [0.15, 0.2) is 47.5 Å². The summed E-state index contributed by atoms with van der Waals surface area (Å²) >= 11 is 0. The van der Waals surface area contributed by atoms with E-state index >= 15 is 0 Å². The highest BCUT2D eigenvalue weighted by atomic mass is 16.1. The van der Waals surface area contributed by atoms with Crippen LogP contribution in [0.3, 0.4) is 0 Å². The zero-order valence-electron chi connectivity index (χ0n) is 14.2. The molecular formula is C17H20N6O. The van der Waals surface area contributed by atoms with Crippen molar-refractivity contribution < 1.29 is 0 Å². The van der Waals surface area contributed by atoms with E-state index in [1.165, 1.54) is 6.33 Å². The highest BCUT2D eigenvalue weighted by molar-refractivity contribution is 5.61. The maximum Gasteiger partial charge on any atom is 0.295 e. The molecule has 0 bridgehead atoms. The number of hydrogen-bond donors (Lipinski definition) is 1. The summed E-state index contributed by atoms with van der Waals surface area (Å²) in [7, 11) is 5.67. The predicted molar refractivity (Wildman–Crippen MR) is 95.4 cm³/mol. The topological polar surface area (TPSA) is 68.0 Å². The second-order valence-electron chi connectivity index (χ2n) is 5.72. The van der Waals surface area contributed by atoms with Crippen LogP contribution in [0, 0.1) is 6.92 Å². The Balaban J connectivity index is 2.04. The monoisotopic (exact) mass is 324 g/mol. The van der Waals surface area contributed by atoms with Crippen molar-refractivity contribution in [3.63, 3.8) is 0 Å². The molecule has 1 aromatic carbocycles. The molecule has 0 amide bonds. The SMILES string of the molecule is Cc1c(Nc2cc(N(C)C)ncn2)c(=O)n(-c2ccccc2)n1C. The summed E-state index contributed by atoms with van der Waals surface area (Å²) in [5, 5.41) is 3.13. The lowest BCUT2D eigenvalue weighted by molar-refractivity contribution is 0.630. The third-order valence-corrected chi connectivity index (χ3v) is 3.92. The Morgan fingerprint density at radius 2 is 1.83 bits per heavy atom. The van der Waals surface area contributed by atoms with Crippen molar-refractivity contribution in [3.8, 4) is 5.69 Å². The quantitative estimate of drug-likeness (QED) is 0.796. The first-order valence-corrected chi connectivity index (χ1v) is 7.59. The van der Waals surface area contributed by atoms with Gasteiger partial charge in [0.1, 0.15) is 23.7 Å². The van der Waals surface area contributed by atoms with Gasteiger partial charge in [0.25, 0.3) is 5.56 Å². The summed E-state index contributed by atoms with van der Waals surface area (Å²) in [6.07, 6.45) is 1.48. The summed E-state index contributed by atoms with van der Waals surface area (Å²) in [6.45, 7) is 1.90. The van der Waals surface area contributed by atoms with Crippen molar-refractivity contribution in [1.29, 1.82) is 0 Å². The smallest absolute Gasteiger partial charge is 0.295 e. The van der Waals surface area contributed by atoms with Gasteiger partial charge in [0.15, 0.2) is 0 Å². The van der Waals surface area contributed by atoms with Crippen molar-refractivity contribution in [1.82, 2.24) is 19.3 Å². The molecular weight excluding hydrogens is 304 g/mol. The number of rotatable bonds is 4. The van der Waals surface area contributed by atoms with E-state index in [1.807, 2.05) is 68.0 Å². The van der Waals surface area contributed by atoms with Gasteiger partial charge in [0.05, 0.1) is 11.4 Å². The van der Waals surface area contributed by atoms with Crippen molar-refractivity contribution in [3.05, 3.63) is 58.8 Å². The van der Waals surface area contributed by atoms with Crippen LogP contribution >= 0.6 is 0 Å². The molecule has 0 unspecified atom stereocenters. The van der Waals surface area contributed by atoms with Crippen molar-refractivity contribution in [2.24, 2.45) is 7.05 Å². The summed E-state index contributed by atoms with van der Waals surface area (Å²) < 4.78 is 3.46. The Kier molecular flexibility index (Phi) is 4.07. The summed E-state index contributed by atoms with van der Waals surface area (Å²) in [5.74, 6) is 1.35. The van der Waals surface area contributed by atoms with E-state index in [1.54, 1.807) is 10.7 Å². The molecule has 0 aliphatic carbocycles. The molecule has 3 rings (SSSR count). The lowest BCUT2D eigenvalue weighted by Gasteiger charge is -2.11. The maximum atomic E-state index is 12.9. The summed E-state index contributed by atoms with van der Waals surface area (Å²) in [6, 6.07) is 11.3. The number of nitrogens with one attached hydrogen (secondary N) is 1. The predicted octanol–water partition coefficient (Wildman–Crippen LogP) is 2.08. The molecule has 0 atom stereocenters. The van der Waals surface area contributed by atoms with Crippen LogP contribution in [0.25, 0.3) is 5.69 Å². The molecule has 0 aliphatic heterocycles. The molecule has 2 heterocycles. The first-order chi connectivity index (χ1) is 11.5. The van der Waals surface area contributed by atoms with Crippen molar-refractivity contribution in [2.75, 3.05) is 24.3 Å². The highest BCUT2D eigenvalue weighted by Crippen LogP contribution is 2.19. The van der Waals surface area contributed by atoms with Crippen molar-refractivity contribution in [2.45, 2.75) is 6.92 Å². The van der Waals surface area contributed by atoms with Gasteiger partial charge in [-0.05, 0) is 19.1 Å². The Bertz CT molecular complexity index is 911. The fraction of sp³-hybridized carbons (Fsp3) is 0.235. The molecule has 1 N–H and O–H groups in total. The van der Waals surface area contributed by atoms with E-state index in [9.17, 15) is 4.79 Å². The van der Waals surface area contributed by atoms with Crippen LogP contribution in [0.1, 0.15) is 5.69 Å². The third kappa shape index (κ3) is 2.76. The third-order valence-electron chi connectivity index (χ3n) is 3.92. The number of benzene rings is 1. The number of hydrogen-bond acceptors (Lipinski definition) is 5. The average molecular weight is 324 g/mol. The van der Waals surface area contributed by atoms with Gasteiger partial charge in [-0.25, -0.2) is 14.6 Å². The van der Waals surface area contributed by atoms with Gasteiger partial charge < -0.3 is 10.2 Å². The molecule has 0 spiro atoms. The van der Waals surface area contributed by atoms with Gasteiger partial charge in [0.2, 0.25) is 0 Å². The zero-order valence-corrected chi connectivity index (χ0v) is 14.2. The first kappa shape index (κ1) is 15.8. The van der Waals surface area contributed by atoms with Gasteiger partial charge in [-0.1, -0.05) is 18.2 Å². The minimum absolute atomic E-state index is 0.119. The number of nitrogens with zero attached hydrogens (tertiary/aromatic N) is 5. The Morgan fingerprint density at radius 3 is 2.50 bits per heavy atom. The second-order valence-corrected chi connectivity index (χ2v) is 5.72. The maximum absolute atomic E-state index is 12.9. The van der Waals surface area contributed by atoms with E-state index in [4.69, 9.17) is 0 Å². The first-order valence-electron chi connectivity index (χ1n) is 7.59. The van der Waals surface area contributed by atoms with Gasteiger partial charge >= 0.3 is 0 Å². The van der Waals surface area contributed by atoms with Crippen LogP contribution in [0.2, 0.25) is 0 Å². The Labute approximate surface area is 140 Å². The Morgan fingerprint density at radius 1 is 1.12 bits per heavy atom. The fourth-order valence-corrected chi connectivity index (χ4v) is 2.50. The molecule has 0 saturated carbocycles. The lowest BCUT2D eigenvalue weighted by Crippen LogP contribution is -2.20. The molecule has 0 aliphatic rings. The second kappa shape index (κ2) is 6.19. The standard InChI is InChI=1S/C17H20N6O/c1-12-16(20-14-10-15(21(2)3)19-11-18-14)17(24)23(22(12)4)13-8-6-5-7-9-13/h5-11H,1-4H3,(H,18,19,20). The highest BCUT2D eigenvalue weighted by Gasteiger charge is 2.16. The van der Waals surface area contributed by atoms with E-state index < -0.39 is 0 Å². The van der Waals surface area contributed by atoms with Crippen LogP contribution < -0.4 is 15.8 Å². The molecule has 0 radical (unpaired) electrons. The number of anilines is 3. The molecule has 24 heavy (non-hydrogen) atoms. The normalized spacial score (nSPS) is 10.7. The van der Waals surface area contributed by atoms with Gasteiger partial charge in [-0.15, -0.1) is 0 Å². The molecule has 3 aromatic rings. The van der Waals surface area contributed by atoms with E-state index in [0.29, 0.717) is 11.5 Å². The minimum Gasteiger partial charge on any atom is -0.363 e. The summed E-state index contributed by atoms with van der Waals surface area (Å²) in [4.78, 5) is 23.1. The molecule has 7 nitrogen and oxygen atoms in total. The molecule has 2 aromatic heterocycles. The molecule has 124 valence electrons. The van der Waals surface area contributed by atoms with Crippen LogP contribution in [-0.4, -0.2) is 33.4 Å². The van der Waals surface area contributed by atoms with Crippen LogP contribution in [-0.2, 0) is 7.05 Å². The largest absolute Gasteiger partial charge is 0.363 e. The fourth-order valence-electron chi connectivity index (χ4n) is 2.50. The van der Waals surface area contributed by atoms with Gasteiger partial charge in [-0.3, -0.25) is 9.48 Å². The molecule has 0 fully saturated rings. The van der Waals surface area contributed by atoms with E-state index in [0.717, 1.165) is 17.2 Å². The lowest BCUT2D eigenvalue weighted by atomic mass is 10.3. The van der Waals surface area contributed by atoms with Crippen molar-refractivity contribution >= 4 is 17.3 Å². The minimum atomic E-state index is -0.119. The zero-order chi connectivity index (χ0) is 17.3. The number of aromatic nitrogens is 4. The van der Waals surface area contributed by atoms with Gasteiger partial charge in [0, 0.05) is 27.2 Å². The molecule has 7 heteroatoms. The Hall–Kier alpha value is -3.09. The van der Waals surface area contributed by atoms with E-state index in [-0.39, 0.29) is 5.56 Å². The number of para-hydroxylation sites is 1. The van der Waals surface area contributed by atoms with Gasteiger partial charge in [-0.2, -0.15) is 0 Å². The van der Waals surface area contributed by atoms with Crippen LogP contribution in [0.5, 0.6) is 0 Å². The molecule has 0 saturated heterocycles.